The van der Waals surface area contributed by atoms with E-state index in [1.54, 1.807) is 12.1 Å². The van der Waals surface area contributed by atoms with Gasteiger partial charge in [-0.25, -0.2) is 18.9 Å². The van der Waals surface area contributed by atoms with Crippen LogP contribution in [0.4, 0.5) is 20.6 Å². The zero-order valence-electron chi connectivity index (χ0n) is 17.5. The first-order valence-corrected chi connectivity index (χ1v) is 10.2. The Kier molecular flexibility index (Phi) is 6.02. The monoisotopic (exact) mass is 439 g/mol. The van der Waals surface area contributed by atoms with Crippen LogP contribution in [0.5, 0.6) is 0 Å². The van der Waals surface area contributed by atoms with Crippen LogP contribution < -0.4 is 15.1 Å². The third-order valence-corrected chi connectivity index (χ3v) is 5.49. The molecule has 10 nitrogen and oxygen atoms in total. The Balaban J connectivity index is 1.43. The van der Waals surface area contributed by atoms with Gasteiger partial charge in [0.1, 0.15) is 36.3 Å². The van der Waals surface area contributed by atoms with Crippen molar-refractivity contribution in [2.24, 2.45) is 0 Å². The van der Waals surface area contributed by atoms with Crippen LogP contribution in [0.15, 0.2) is 36.4 Å². The molecular weight excluding hydrogens is 417 g/mol. The number of carbonyl (C=O) groups is 2. The topological polar surface area (TPSA) is 116 Å². The molecule has 0 unspecified atom stereocenters. The summed E-state index contributed by atoms with van der Waals surface area (Å²) in [5, 5.41) is 16.1. The van der Waals surface area contributed by atoms with Gasteiger partial charge in [0.25, 0.3) is 0 Å². The first-order chi connectivity index (χ1) is 15.5. The number of ether oxygens (including phenoxy) is 1. The fraction of sp³-hybridized carbons (Fsp3) is 0.381. The number of nitriles is 1. The van der Waals surface area contributed by atoms with Gasteiger partial charge in [0.15, 0.2) is 0 Å². The molecule has 1 N–H and O–H groups in total. The Morgan fingerprint density at radius 3 is 2.78 bits per heavy atom. The fourth-order valence-corrected chi connectivity index (χ4v) is 3.89. The molecular formula is C21H22FN7O3. The van der Waals surface area contributed by atoms with Gasteiger partial charge in [-0.1, -0.05) is 0 Å². The largest absolute Gasteiger partial charge is 0.442 e. The molecule has 0 radical (unpaired) electrons. The predicted octanol–water partition coefficient (Wildman–Crippen LogP) is 1.91. The predicted molar refractivity (Wildman–Crippen MR) is 113 cm³/mol. The van der Waals surface area contributed by atoms with Gasteiger partial charge in [-0.3, -0.25) is 9.69 Å². The Labute approximate surface area is 183 Å². The summed E-state index contributed by atoms with van der Waals surface area (Å²) >= 11 is 0. The average Bonchev–Trinajstić information content (AvgIpc) is 3.43. The van der Waals surface area contributed by atoms with Crippen molar-refractivity contribution in [3.63, 3.8) is 0 Å². The minimum atomic E-state index is -0.572. The van der Waals surface area contributed by atoms with Crippen molar-refractivity contribution in [1.29, 1.82) is 5.26 Å². The third kappa shape index (κ3) is 4.39. The van der Waals surface area contributed by atoms with E-state index in [2.05, 4.69) is 21.5 Å². The minimum absolute atomic E-state index is 0.209. The number of benzene rings is 1. The van der Waals surface area contributed by atoms with Gasteiger partial charge < -0.3 is 15.0 Å². The third-order valence-electron chi connectivity index (χ3n) is 5.49. The number of amides is 2. The molecule has 0 saturated carbocycles. The number of allylic oxidation sites excluding steroid dienone is 1. The zero-order chi connectivity index (χ0) is 22.7. The molecule has 32 heavy (non-hydrogen) atoms. The van der Waals surface area contributed by atoms with Gasteiger partial charge in [-0.2, -0.15) is 10.4 Å². The quantitative estimate of drug-likeness (QED) is 0.708. The molecule has 2 aromatic rings. The summed E-state index contributed by atoms with van der Waals surface area (Å²) < 4.78 is 21.6. The van der Waals surface area contributed by atoms with Gasteiger partial charge in [-0.05, 0) is 36.6 Å². The number of anilines is 2. The molecule has 1 atom stereocenters. The average molecular weight is 439 g/mol. The number of cyclic esters (lactones) is 1. The summed E-state index contributed by atoms with van der Waals surface area (Å²) in [5.74, 6) is -0.651. The van der Waals surface area contributed by atoms with E-state index in [4.69, 9.17) is 4.74 Å². The molecule has 0 aliphatic carbocycles. The van der Waals surface area contributed by atoms with E-state index in [9.17, 15) is 19.2 Å². The number of halogens is 1. The number of carbonyl (C=O) groups excluding carboxylic acids is 2. The Morgan fingerprint density at radius 1 is 1.38 bits per heavy atom. The first-order valence-electron chi connectivity index (χ1n) is 10.2. The Hall–Kier alpha value is -3.94. The van der Waals surface area contributed by atoms with Crippen molar-refractivity contribution in [3.8, 4) is 6.07 Å². The van der Waals surface area contributed by atoms with E-state index in [0.29, 0.717) is 43.0 Å². The normalized spacial score (nSPS) is 18.3. The van der Waals surface area contributed by atoms with Crippen LogP contribution in [-0.4, -0.2) is 59.0 Å². The lowest BCUT2D eigenvalue weighted by molar-refractivity contribution is -0.119. The number of nitrogens with one attached hydrogen (secondary N) is 1. The molecule has 2 aliphatic heterocycles. The number of rotatable bonds is 5. The van der Waals surface area contributed by atoms with Crippen molar-refractivity contribution < 1.29 is 18.7 Å². The van der Waals surface area contributed by atoms with Crippen LogP contribution in [-0.2, 0) is 9.53 Å². The van der Waals surface area contributed by atoms with E-state index < -0.39 is 18.0 Å². The van der Waals surface area contributed by atoms with Crippen molar-refractivity contribution in [2.45, 2.75) is 25.9 Å². The minimum Gasteiger partial charge on any atom is -0.442 e. The van der Waals surface area contributed by atoms with E-state index in [0.717, 1.165) is 5.57 Å². The van der Waals surface area contributed by atoms with Crippen molar-refractivity contribution >= 4 is 29.1 Å². The molecule has 0 spiro atoms. The molecule has 2 aliphatic rings. The Bertz CT molecular complexity index is 1080. The van der Waals surface area contributed by atoms with E-state index in [1.807, 2.05) is 4.90 Å². The number of piperidine rings is 1. The van der Waals surface area contributed by atoms with E-state index in [1.165, 1.54) is 35.2 Å². The second kappa shape index (κ2) is 9.05. The van der Waals surface area contributed by atoms with Crippen LogP contribution in [0.3, 0.4) is 0 Å². The highest BCUT2D eigenvalue weighted by Gasteiger charge is 2.33. The summed E-state index contributed by atoms with van der Waals surface area (Å²) in [6.07, 6.45) is 3.02. The number of aromatic nitrogens is 3. The lowest BCUT2D eigenvalue weighted by atomic mass is 10.0. The van der Waals surface area contributed by atoms with Gasteiger partial charge >= 0.3 is 6.09 Å². The van der Waals surface area contributed by atoms with Crippen molar-refractivity contribution in [3.05, 3.63) is 42.2 Å². The molecule has 3 heterocycles. The SMILES string of the molecule is CC(=O)NC[C@H]1CN(c2ccc(N3CCC(=C(C#N)n4cncn4)CC3)c(F)c2)C(=O)O1. The van der Waals surface area contributed by atoms with Crippen molar-refractivity contribution in [2.75, 3.05) is 36.0 Å². The maximum Gasteiger partial charge on any atom is 0.414 e. The highest BCUT2D eigenvalue weighted by Crippen LogP contribution is 2.31. The van der Waals surface area contributed by atoms with Crippen LogP contribution in [0.2, 0.25) is 0 Å². The van der Waals surface area contributed by atoms with Gasteiger partial charge in [0.05, 0.1) is 24.5 Å². The second-order valence-corrected chi connectivity index (χ2v) is 7.58. The number of hydrogen-bond donors (Lipinski definition) is 1. The molecule has 11 heteroatoms. The number of nitrogens with zero attached hydrogens (tertiary/aromatic N) is 6. The molecule has 4 rings (SSSR count). The van der Waals surface area contributed by atoms with Crippen molar-refractivity contribution in [1.82, 2.24) is 20.1 Å². The Morgan fingerprint density at radius 2 is 2.16 bits per heavy atom. The molecule has 0 bridgehead atoms. The zero-order valence-corrected chi connectivity index (χ0v) is 17.5. The lowest BCUT2D eigenvalue weighted by Gasteiger charge is -2.31. The summed E-state index contributed by atoms with van der Waals surface area (Å²) in [7, 11) is 0. The van der Waals surface area contributed by atoms with Crippen LogP contribution in [0, 0.1) is 17.1 Å². The summed E-state index contributed by atoms with van der Waals surface area (Å²) in [4.78, 5) is 30.4. The van der Waals surface area contributed by atoms with Crippen LogP contribution >= 0.6 is 0 Å². The molecule has 2 fully saturated rings. The lowest BCUT2D eigenvalue weighted by Crippen LogP contribution is -2.33. The highest BCUT2D eigenvalue weighted by molar-refractivity contribution is 5.90. The summed E-state index contributed by atoms with van der Waals surface area (Å²) in [5.41, 5.74) is 2.25. The highest BCUT2D eigenvalue weighted by atomic mass is 19.1. The smallest absolute Gasteiger partial charge is 0.414 e. The molecule has 1 aromatic heterocycles. The maximum absolute atomic E-state index is 14.9. The second-order valence-electron chi connectivity index (χ2n) is 7.58. The van der Waals surface area contributed by atoms with Gasteiger partial charge in [0.2, 0.25) is 5.91 Å². The van der Waals surface area contributed by atoms with Gasteiger partial charge in [0, 0.05) is 20.0 Å². The number of hydrogen-bond acceptors (Lipinski definition) is 7. The summed E-state index contributed by atoms with van der Waals surface area (Å²) in [6, 6.07) is 6.83. The maximum atomic E-state index is 14.9. The fourth-order valence-electron chi connectivity index (χ4n) is 3.89. The molecule has 2 amide bonds. The van der Waals surface area contributed by atoms with E-state index in [-0.39, 0.29) is 19.0 Å². The first kappa shape index (κ1) is 21.3. The van der Waals surface area contributed by atoms with Crippen LogP contribution in [0.25, 0.3) is 5.70 Å². The van der Waals surface area contributed by atoms with Crippen LogP contribution in [0.1, 0.15) is 19.8 Å². The standard InChI is InChI=1S/C21H22FN7O3/c1-14(30)25-10-17-11-28(21(31)32-17)16-2-3-19(18(22)8-16)27-6-4-15(5-7-27)20(9-23)29-13-24-12-26-29/h2-3,8,12-13,17H,4-7,10-11H2,1H3,(H,25,30)/t17-/m0/s1. The van der Waals surface area contributed by atoms with E-state index >= 15 is 0 Å². The van der Waals surface area contributed by atoms with Gasteiger partial charge in [-0.15, -0.1) is 0 Å². The summed E-state index contributed by atoms with van der Waals surface area (Å²) in [6.45, 7) is 2.93. The molecule has 2 saturated heterocycles. The molecule has 166 valence electrons. The molecule has 1 aromatic carbocycles.